The highest BCUT2D eigenvalue weighted by molar-refractivity contribution is 7.98. The standard InChI is InChI=1S/C19H24N6OS/c1-20-19(25(2)13-14-6-8-15(27-3)9-7-14)21-11-10-17-22-18(24-23-17)16-5-4-12-26-16/h4-9,12H,10-11,13H2,1-3H3,(H,20,21)(H,22,23,24). The number of aromatic nitrogens is 3. The summed E-state index contributed by atoms with van der Waals surface area (Å²) < 4.78 is 5.31. The van der Waals surface area contributed by atoms with E-state index in [0.717, 1.165) is 18.3 Å². The summed E-state index contributed by atoms with van der Waals surface area (Å²) in [5.41, 5.74) is 1.25. The molecule has 2 heterocycles. The number of benzene rings is 1. The Hall–Kier alpha value is -2.74. The topological polar surface area (TPSA) is 82.3 Å². The van der Waals surface area contributed by atoms with Crippen molar-refractivity contribution in [1.82, 2.24) is 25.4 Å². The van der Waals surface area contributed by atoms with Crippen molar-refractivity contribution in [1.29, 1.82) is 0 Å². The van der Waals surface area contributed by atoms with Crippen molar-refractivity contribution in [3.05, 3.63) is 54.0 Å². The van der Waals surface area contributed by atoms with Crippen molar-refractivity contribution >= 4 is 17.7 Å². The van der Waals surface area contributed by atoms with Crippen molar-refractivity contribution in [2.45, 2.75) is 17.9 Å². The normalized spacial score (nSPS) is 11.6. The second kappa shape index (κ2) is 9.27. The summed E-state index contributed by atoms with van der Waals surface area (Å²) in [6.07, 6.45) is 4.41. The molecule has 0 saturated heterocycles. The van der Waals surface area contributed by atoms with E-state index >= 15 is 0 Å². The Morgan fingerprint density at radius 3 is 2.78 bits per heavy atom. The van der Waals surface area contributed by atoms with Crippen LogP contribution in [0, 0.1) is 0 Å². The van der Waals surface area contributed by atoms with E-state index in [0.29, 0.717) is 24.6 Å². The number of nitrogens with zero attached hydrogens (tertiary/aromatic N) is 4. The molecular formula is C19H24N6OS. The lowest BCUT2D eigenvalue weighted by atomic mass is 10.2. The van der Waals surface area contributed by atoms with Crippen LogP contribution in [0.3, 0.4) is 0 Å². The highest BCUT2D eigenvalue weighted by Crippen LogP contribution is 2.16. The van der Waals surface area contributed by atoms with Gasteiger partial charge in [-0.1, -0.05) is 12.1 Å². The summed E-state index contributed by atoms with van der Waals surface area (Å²) in [7, 11) is 3.82. The minimum absolute atomic E-state index is 0.574. The number of aliphatic imine (C=N–C) groups is 1. The first-order chi connectivity index (χ1) is 13.2. The molecule has 8 heteroatoms. The van der Waals surface area contributed by atoms with E-state index in [-0.39, 0.29) is 0 Å². The van der Waals surface area contributed by atoms with Gasteiger partial charge in [-0.2, -0.15) is 5.10 Å². The van der Waals surface area contributed by atoms with Gasteiger partial charge in [-0.25, -0.2) is 4.98 Å². The Morgan fingerprint density at radius 2 is 2.11 bits per heavy atom. The van der Waals surface area contributed by atoms with Crippen molar-refractivity contribution in [2.75, 3.05) is 26.9 Å². The number of hydrogen-bond donors (Lipinski definition) is 2. The van der Waals surface area contributed by atoms with Gasteiger partial charge in [0.05, 0.1) is 6.26 Å². The van der Waals surface area contributed by atoms with Gasteiger partial charge in [-0.3, -0.25) is 10.1 Å². The first-order valence-corrected chi connectivity index (χ1v) is 9.92. The molecule has 2 N–H and O–H groups in total. The number of furan rings is 1. The number of nitrogens with one attached hydrogen (secondary N) is 2. The van der Waals surface area contributed by atoms with Crippen LogP contribution >= 0.6 is 11.8 Å². The lowest BCUT2D eigenvalue weighted by molar-refractivity contribution is 0.476. The Bertz CT molecular complexity index is 857. The third kappa shape index (κ3) is 5.13. The lowest BCUT2D eigenvalue weighted by Crippen LogP contribution is -2.39. The van der Waals surface area contributed by atoms with Gasteiger partial charge in [0, 0.05) is 38.5 Å². The molecule has 0 amide bonds. The number of H-pyrrole nitrogens is 1. The monoisotopic (exact) mass is 384 g/mol. The Morgan fingerprint density at radius 1 is 1.30 bits per heavy atom. The predicted molar refractivity (Wildman–Crippen MR) is 109 cm³/mol. The largest absolute Gasteiger partial charge is 0.461 e. The van der Waals surface area contributed by atoms with Crippen LogP contribution < -0.4 is 5.32 Å². The summed E-state index contributed by atoms with van der Waals surface area (Å²) in [4.78, 5) is 12.2. The molecule has 7 nitrogen and oxygen atoms in total. The maximum atomic E-state index is 5.31. The number of thioether (sulfide) groups is 1. The maximum Gasteiger partial charge on any atom is 0.216 e. The zero-order valence-electron chi connectivity index (χ0n) is 15.8. The summed E-state index contributed by atoms with van der Waals surface area (Å²) >= 11 is 1.75. The first-order valence-electron chi connectivity index (χ1n) is 8.69. The van der Waals surface area contributed by atoms with Crippen LogP contribution in [0.4, 0.5) is 0 Å². The van der Waals surface area contributed by atoms with E-state index in [2.05, 4.69) is 60.9 Å². The molecule has 27 heavy (non-hydrogen) atoms. The van der Waals surface area contributed by atoms with E-state index in [4.69, 9.17) is 4.42 Å². The molecule has 0 unspecified atom stereocenters. The Kier molecular flexibility index (Phi) is 6.54. The van der Waals surface area contributed by atoms with Gasteiger partial charge in [0.25, 0.3) is 0 Å². The van der Waals surface area contributed by atoms with Crippen molar-refractivity contribution < 1.29 is 4.42 Å². The number of aromatic amines is 1. The average molecular weight is 385 g/mol. The molecule has 0 aliphatic rings. The van der Waals surface area contributed by atoms with E-state index in [1.54, 1.807) is 25.1 Å². The fourth-order valence-electron chi connectivity index (χ4n) is 2.68. The van der Waals surface area contributed by atoms with E-state index in [9.17, 15) is 0 Å². The van der Waals surface area contributed by atoms with Crippen LogP contribution in [0.15, 0.2) is 57.0 Å². The molecule has 0 atom stereocenters. The van der Waals surface area contributed by atoms with E-state index in [1.807, 2.05) is 19.2 Å². The fourth-order valence-corrected chi connectivity index (χ4v) is 3.09. The fraction of sp³-hybridized carbons (Fsp3) is 0.316. The van der Waals surface area contributed by atoms with Crippen molar-refractivity contribution in [3.63, 3.8) is 0 Å². The summed E-state index contributed by atoms with van der Waals surface area (Å²) in [5.74, 6) is 2.88. The van der Waals surface area contributed by atoms with Crippen LogP contribution in [0.1, 0.15) is 11.4 Å². The third-order valence-electron chi connectivity index (χ3n) is 4.07. The SMILES string of the molecule is CN=C(NCCc1nc(-c2ccco2)n[nH]1)N(C)Cc1ccc(SC)cc1. The Balaban J connectivity index is 1.49. The first kappa shape index (κ1) is 19.0. The summed E-state index contributed by atoms with van der Waals surface area (Å²) in [6, 6.07) is 12.3. The summed E-state index contributed by atoms with van der Waals surface area (Å²) in [5, 5.41) is 10.5. The zero-order valence-corrected chi connectivity index (χ0v) is 16.6. The van der Waals surface area contributed by atoms with Crippen LogP contribution in [0.2, 0.25) is 0 Å². The molecule has 3 aromatic rings. The van der Waals surface area contributed by atoms with Crippen LogP contribution in [0.25, 0.3) is 11.6 Å². The highest BCUT2D eigenvalue weighted by Gasteiger charge is 2.10. The van der Waals surface area contributed by atoms with Gasteiger partial charge in [0.15, 0.2) is 11.7 Å². The smallest absolute Gasteiger partial charge is 0.216 e. The van der Waals surface area contributed by atoms with Crippen molar-refractivity contribution in [2.24, 2.45) is 4.99 Å². The van der Waals surface area contributed by atoms with Gasteiger partial charge in [-0.15, -0.1) is 11.8 Å². The number of hydrogen-bond acceptors (Lipinski definition) is 5. The molecule has 142 valence electrons. The highest BCUT2D eigenvalue weighted by atomic mass is 32.2. The minimum Gasteiger partial charge on any atom is -0.461 e. The Labute approximate surface area is 163 Å². The molecule has 0 fully saturated rings. The average Bonchev–Trinajstić information content (AvgIpc) is 3.37. The molecule has 2 aromatic heterocycles. The molecule has 3 rings (SSSR count). The molecular weight excluding hydrogens is 360 g/mol. The molecule has 0 bridgehead atoms. The molecule has 0 spiro atoms. The van der Waals surface area contributed by atoms with E-state index < -0.39 is 0 Å². The van der Waals surface area contributed by atoms with Crippen LogP contribution in [-0.2, 0) is 13.0 Å². The number of rotatable bonds is 7. The quantitative estimate of drug-likeness (QED) is 0.370. The van der Waals surface area contributed by atoms with Gasteiger partial charge in [-0.05, 0) is 36.1 Å². The van der Waals surface area contributed by atoms with Gasteiger partial charge in [0.2, 0.25) is 5.82 Å². The predicted octanol–water partition coefficient (Wildman–Crippen LogP) is 3.04. The number of guanidine groups is 1. The van der Waals surface area contributed by atoms with Gasteiger partial charge in [0.1, 0.15) is 5.82 Å². The minimum atomic E-state index is 0.574. The lowest BCUT2D eigenvalue weighted by Gasteiger charge is -2.22. The molecule has 0 radical (unpaired) electrons. The van der Waals surface area contributed by atoms with Gasteiger partial charge >= 0.3 is 0 Å². The van der Waals surface area contributed by atoms with Crippen LogP contribution in [0.5, 0.6) is 0 Å². The second-order valence-electron chi connectivity index (χ2n) is 6.01. The second-order valence-corrected chi connectivity index (χ2v) is 6.89. The zero-order chi connectivity index (χ0) is 19.1. The third-order valence-corrected chi connectivity index (χ3v) is 4.81. The van der Waals surface area contributed by atoms with Crippen LogP contribution in [-0.4, -0.2) is 52.9 Å². The molecule has 1 aromatic carbocycles. The molecule has 0 aliphatic heterocycles. The maximum absolute atomic E-state index is 5.31. The summed E-state index contributed by atoms with van der Waals surface area (Å²) in [6.45, 7) is 1.49. The van der Waals surface area contributed by atoms with Crippen molar-refractivity contribution in [3.8, 4) is 11.6 Å². The van der Waals surface area contributed by atoms with E-state index in [1.165, 1.54) is 10.5 Å². The molecule has 0 aliphatic carbocycles. The van der Waals surface area contributed by atoms with Gasteiger partial charge < -0.3 is 14.6 Å². The molecule has 0 saturated carbocycles.